The number of ether oxygens (including phenoxy) is 1. The molecule has 3 aromatic heterocycles. The molecule has 5 aromatic rings. The SMILES string of the molecule is Cc1cc(CN2CCO[C@H](C)C2)cc2c(=O)c(-c3cc(-c4ccc(C#N)cc4-c4nncn4C)cc(C4CC4)n3)coc12. The molecule has 0 spiro atoms. The maximum absolute atomic E-state index is 14.1. The van der Waals surface area contributed by atoms with Gasteiger partial charge in [0, 0.05) is 43.9 Å². The summed E-state index contributed by atoms with van der Waals surface area (Å²) in [5.74, 6) is 1.01. The van der Waals surface area contributed by atoms with E-state index in [0.717, 1.165) is 66.0 Å². The Morgan fingerprint density at radius 3 is 2.70 bits per heavy atom. The Bertz CT molecular complexity index is 1970. The third-order valence-electron chi connectivity index (χ3n) is 8.38. The number of fused-ring (bicyclic) bond motifs is 1. The second-order valence-corrected chi connectivity index (χ2v) is 11.8. The van der Waals surface area contributed by atoms with Gasteiger partial charge >= 0.3 is 0 Å². The van der Waals surface area contributed by atoms with E-state index in [4.69, 9.17) is 14.1 Å². The minimum Gasteiger partial charge on any atom is -0.463 e. The number of rotatable bonds is 6. The molecule has 2 aromatic carbocycles. The summed E-state index contributed by atoms with van der Waals surface area (Å²) in [6, 6.07) is 15.9. The lowest BCUT2D eigenvalue weighted by molar-refractivity contribution is -0.0212. The molecule has 0 unspecified atom stereocenters. The van der Waals surface area contributed by atoms with Gasteiger partial charge in [-0.3, -0.25) is 14.7 Å². The smallest absolute Gasteiger partial charge is 0.202 e. The van der Waals surface area contributed by atoms with Gasteiger partial charge < -0.3 is 13.7 Å². The van der Waals surface area contributed by atoms with Crippen molar-refractivity contribution in [3.05, 3.63) is 87.7 Å². The Hall–Kier alpha value is -4.65. The summed E-state index contributed by atoms with van der Waals surface area (Å²) >= 11 is 0. The summed E-state index contributed by atoms with van der Waals surface area (Å²) in [6.45, 7) is 7.25. The Balaban J connectivity index is 1.35. The number of benzene rings is 2. The average Bonchev–Trinajstić information content (AvgIpc) is 3.77. The van der Waals surface area contributed by atoms with Gasteiger partial charge in [0.25, 0.3) is 0 Å². The molecule has 9 heteroatoms. The van der Waals surface area contributed by atoms with E-state index >= 15 is 0 Å². The van der Waals surface area contributed by atoms with Crippen LogP contribution in [-0.4, -0.2) is 50.4 Å². The second-order valence-electron chi connectivity index (χ2n) is 11.8. The molecule has 1 saturated carbocycles. The van der Waals surface area contributed by atoms with E-state index in [1.165, 1.54) is 0 Å². The maximum Gasteiger partial charge on any atom is 0.202 e. The Kier molecular flexibility index (Phi) is 6.88. The van der Waals surface area contributed by atoms with E-state index < -0.39 is 0 Å². The van der Waals surface area contributed by atoms with Crippen molar-refractivity contribution in [2.75, 3.05) is 19.7 Å². The lowest BCUT2D eigenvalue weighted by Crippen LogP contribution is -2.40. The number of aryl methyl sites for hydroxylation is 2. The summed E-state index contributed by atoms with van der Waals surface area (Å²) in [6.07, 6.45) is 5.51. The number of nitriles is 1. The fourth-order valence-electron chi connectivity index (χ4n) is 6.06. The van der Waals surface area contributed by atoms with Crippen LogP contribution in [0.5, 0.6) is 0 Å². The Morgan fingerprint density at radius 2 is 1.95 bits per heavy atom. The fourth-order valence-corrected chi connectivity index (χ4v) is 6.06. The van der Waals surface area contributed by atoms with Gasteiger partial charge in [-0.2, -0.15) is 5.26 Å². The molecule has 0 amide bonds. The van der Waals surface area contributed by atoms with Crippen molar-refractivity contribution >= 4 is 11.0 Å². The van der Waals surface area contributed by atoms with Crippen LogP contribution >= 0.6 is 0 Å². The molecule has 2 fully saturated rings. The third kappa shape index (κ3) is 5.24. The molecule has 4 heterocycles. The number of aromatic nitrogens is 4. The summed E-state index contributed by atoms with van der Waals surface area (Å²) < 4.78 is 13.7. The van der Waals surface area contributed by atoms with Crippen molar-refractivity contribution in [2.24, 2.45) is 7.05 Å². The van der Waals surface area contributed by atoms with Gasteiger partial charge in [-0.15, -0.1) is 10.2 Å². The Morgan fingerprint density at radius 1 is 1.09 bits per heavy atom. The molecule has 1 saturated heterocycles. The van der Waals surface area contributed by atoms with Crippen LogP contribution in [0.15, 0.2) is 64.3 Å². The quantitative estimate of drug-likeness (QED) is 0.259. The third-order valence-corrected chi connectivity index (χ3v) is 8.38. The normalized spacial score (nSPS) is 17.3. The van der Waals surface area contributed by atoms with E-state index in [-0.39, 0.29) is 11.5 Å². The maximum atomic E-state index is 14.1. The first kappa shape index (κ1) is 27.2. The molecule has 1 aliphatic carbocycles. The molecule has 1 aliphatic heterocycles. The molecular weight excluding hydrogens is 540 g/mol. The summed E-state index contributed by atoms with van der Waals surface area (Å²) in [7, 11) is 1.88. The van der Waals surface area contributed by atoms with Gasteiger partial charge in [-0.25, -0.2) is 0 Å². The highest BCUT2D eigenvalue weighted by atomic mass is 16.5. The minimum atomic E-state index is -0.0960. The predicted octanol–water partition coefficient (Wildman–Crippen LogP) is 5.60. The number of hydrogen-bond acceptors (Lipinski definition) is 8. The molecule has 9 nitrogen and oxygen atoms in total. The Labute approximate surface area is 249 Å². The molecule has 216 valence electrons. The van der Waals surface area contributed by atoms with Gasteiger partial charge in [0.2, 0.25) is 5.43 Å². The topological polar surface area (TPSA) is 110 Å². The van der Waals surface area contributed by atoms with Crippen LogP contribution in [0.1, 0.15) is 48.1 Å². The first-order valence-electron chi connectivity index (χ1n) is 14.7. The van der Waals surface area contributed by atoms with E-state index in [0.29, 0.717) is 46.1 Å². The number of nitrogens with zero attached hydrogens (tertiary/aromatic N) is 6. The van der Waals surface area contributed by atoms with Crippen molar-refractivity contribution in [1.82, 2.24) is 24.6 Å². The van der Waals surface area contributed by atoms with Gasteiger partial charge in [-0.05, 0) is 79.3 Å². The van der Waals surface area contributed by atoms with Crippen LogP contribution in [0.2, 0.25) is 0 Å². The van der Waals surface area contributed by atoms with Crippen LogP contribution in [0, 0.1) is 18.3 Å². The fraction of sp³-hybridized carbons (Fsp3) is 0.324. The highest BCUT2D eigenvalue weighted by molar-refractivity contribution is 5.86. The average molecular weight is 573 g/mol. The van der Waals surface area contributed by atoms with Crippen LogP contribution in [0.4, 0.5) is 0 Å². The molecule has 0 radical (unpaired) electrons. The van der Waals surface area contributed by atoms with E-state index in [1.807, 2.05) is 42.8 Å². The zero-order chi connectivity index (χ0) is 29.7. The molecule has 43 heavy (non-hydrogen) atoms. The molecular formula is C34H32N6O3. The standard InChI is InChI=1S/C34H32N6O3/c1-20-10-23(17-40-8-9-42-21(2)16-40)12-28-32(41)29(18-43-33(20)28)31-14-25(13-30(37-31)24-5-6-24)26-7-4-22(15-35)11-27(26)34-38-36-19-39(34)3/h4,7,10-14,18-19,21,24H,5-6,8-9,16-17H2,1-3H3/t21-/m1/s1. The van der Waals surface area contributed by atoms with Gasteiger partial charge in [0.1, 0.15) is 18.2 Å². The predicted molar refractivity (Wildman–Crippen MR) is 163 cm³/mol. The van der Waals surface area contributed by atoms with E-state index in [9.17, 15) is 10.1 Å². The largest absolute Gasteiger partial charge is 0.463 e. The molecule has 0 N–H and O–H groups in total. The summed E-state index contributed by atoms with van der Waals surface area (Å²) in [5, 5.41) is 18.6. The summed E-state index contributed by atoms with van der Waals surface area (Å²) in [5.41, 5.74) is 7.60. The van der Waals surface area contributed by atoms with Crippen LogP contribution < -0.4 is 5.43 Å². The van der Waals surface area contributed by atoms with Crippen molar-refractivity contribution in [1.29, 1.82) is 5.26 Å². The van der Waals surface area contributed by atoms with Gasteiger partial charge in [0.05, 0.1) is 41.0 Å². The van der Waals surface area contributed by atoms with Crippen LogP contribution in [0.3, 0.4) is 0 Å². The monoisotopic (exact) mass is 572 g/mol. The molecule has 7 rings (SSSR count). The van der Waals surface area contributed by atoms with Crippen molar-refractivity contribution in [3.63, 3.8) is 0 Å². The number of morpholine rings is 1. The number of hydrogen-bond donors (Lipinski definition) is 0. The zero-order valence-corrected chi connectivity index (χ0v) is 24.5. The van der Waals surface area contributed by atoms with Gasteiger partial charge in [0.15, 0.2) is 5.82 Å². The first-order chi connectivity index (χ1) is 20.9. The van der Waals surface area contributed by atoms with Crippen molar-refractivity contribution < 1.29 is 9.15 Å². The first-order valence-corrected chi connectivity index (χ1v) is 14.7. The lowest BCUT2D eigenvalue weighted by atomic mass is 9.95. The van der Waals surface area contributed by atoms with Crippen LogP contribution in [0.25, 0.3) is 44.7 Å². The molecule has 2 aliphatic rings. The van der Waals surface area contributed by atoms with Crippen LogP contribution in [-0.2, 0) is 18.3 Å². The summed E-state index contributed by atoms with van der Waals surface area (Å²) in [4.78, 5) is 21.5. The zero-order valence-electron chi connectivity index (χ0n) is 24.5. The molecule has 0 bridgehead atoms. The number of pyridine rings is 1. The highest BCUT2D eigenvalue weighted by Gasteiger charge is 2.27. The minimum absolute atomic E-state index is 0.0960. The van der Waals surface area contributed by atoms with Gasteiger partial charge in [-0.1, -0.05) is 12.1 Å². The second kappa shape index (κ2) is 10.9. The van der Waals surface area contributed by atoms with Crippen molar-refractivity contribution in [2.45, 2.75) is 45.3 Å². The highest BCUT2D eigenvalue weighted by Crippen LogP contribution is 2.42. The van der Waals surface area contributed by atoms with E-state index in [2.05, 4.69) is 40.2 Å². The lowest BCUT2D eigenvalue weighted by Gasteiger charge is -2.31. The van der Waals surface area contributed by atoms with E-state index in [1.54, 1.807) is 18.7 Å². The molecule has 1 atom stereocenters. The van der Waals surface area contributed by atoms with Crippen molar-refractivity contribution in [3.8, 4) is 39.8 Å².